The van der Waals surface area contributed by atoms with E-state index in [0.717, 1.165) is 17.6 Å². The highest BCUT2D eigenvalue weighted by atomic mass is 16.5. The minimum Gasteiger partial charge on any atom is -0.378 e. The van der Waals surface area contributed by atoms with Crippen molar-refractivity contribution in [2.45, 2.75) is 47.1 Å². The Hall–Kier alpha value is -0.890. The predicted octanol–water partition coefficient (Wildman–Crippen LogP) is 3.53. The Labute approximate surface area is 99.4 Å². The molecule has 2 heteroatoms. The van der Waals surface area contributed by atoms with Crippen LogP contribution in [0.3, 0.4) is 0 Å². The molecule has 0 saturated carbocycles. The van der Waals surface area contributed by atoms with E-state index in [9.17, 15) is 4.79 Å². The molecule has 0 aromatic carbocycles. The van der Waals surface area contributed by atoms with E-state index in [-0.39, 0.29) is 11.9 Å². The van der Waals surface area contributed by atoms with Crippen LogP contribution in [0.1, 0.15) is 41.0 Å². The summed E-state index contributed by atoms with van der Waals surface area (Å²) >= 11 is 0. The van der Waals surface area contributed by atoms with Gasteiger partial charge in [-0.1, -0.05) is 26.0 Å². The number of methoxy groups -OCH3 is 1. The summed E-state index contributed by atoms with van der Waals surface area (Å²) in [6, 6.07) is 0. The molecule has 0 aliphatic rings. The number of Topliss-reactive ketones (excluding diaryl/α,β-unsaturated/α-hetero) is 1. The molecule has 1 atom stereocenters. The molecule has 92 valence electrons. The average molecular weight is 224 g/mol. The lowest BCUT2D eigenvalue weighted by Crippen LogP contribution is -2.02. The van der Waals surface area contributed by atoms with Crippen LogP contribution < -0.4 is 0 Å². The zero-order valence-corrected chi connectivity index (χ0v) is 11.3. The summed E-state index contributed by atoms with van der Waals surface area (Å²) in [6.45, 7) is 9.79. The number of rotatable bonds is 6. The molecule has 0 bridgehead atoms. The van der Waals surface area contributed by atoms with Gasteiger partial charge in [0.15, 0.2) is 5.78 Å². The van der Waals surface area contributed by atoms with Gasteiger partial charge in [-0.05, 0) is 44.3 Å². The van der Waals surface area contributed by atoms with Gasteiger partial charge in [-0.3, -0.25) is 4.79 Å². The van der Waals surface area contributed by atoms with Crippen molar-refractivity contribution < 1.29 is 9.53 Å². The normalized spacial score (nSPS) is 15.4. The van der Waals surface area contributed by atoms with Crippen molar-refractivity contribution in [3.05, 3.63) is 23.3 Å². The summed E-state index contributed by atoms with van der Waals surface area (Å²) < 4.78 is 5.15. The third-order valence-electron chi connectivity index (χ3n) is 2.58. The monoisotopic (exact) mass is 224 g/mol. The molecule has 0 heterocycles. The Morgan fingerprint density at radius 1 is 1.25 bits per heavy atom. The Bertz CT molecular complexity index is 285. The van der Waals surface area contributed by atoms with Crippen molar-refractivity contribution in [1.29, 1.82) is 0 Å². The van der Waals surface area contributed by atoms with Crippen LogP contribution in [0.5, 0.6) is 0 Å². The molecule has 0 aromatic rings. The lowest BCUT2D eigenvalue weighted by atomic mass is 9.96. The number of ether oxygens (including phenoxy) is 1. The summed E-state index contributed by atoms with van der Waals surface area (Å²) in [6.07, 6.45) is 5.02. The summed E-state index contributed by atoms with van der Waals surface area (Å²) in [5, 5.41) is 0. The maximum absolute atomic E-state index is 11.4. The molecule has 0 saturated heterocycles. The van der Waals surface area contributed by atoms with E-state index in [1.165, 1.54) is 0 Å². The molecule has 0 N–H and O–H groups in total. The highest BCUT2D eigenvalue weighted by molar-refractivity contribution is 5.93. The topological polar surface area (TPSA) is 26.3 Å². The van der Waals surface area contributed by atoms with E-state index in [4.69, 9.17) is 4.74 Å². The van der Waals surface area contributed by atoms with E-state index in [0.29, 0.717) is 5.92 Å². The van der Waals surface area contributed by atoms with Crippen molar-refractivity contribution in [2.24, 2.45) is 5.92 Å². The SMILES string of the molecule is COC(C)/C=C\C(CC(C)C)=C(/C)C(C)=O. The first-order chi connectivity index (χ1) is 7.38. The van der Waals surface area contributed by atoms with Gasteiger partial charge in [-0.15, -0.1) is 0 Å². The molecule has 0 amide bonds. The van der Waals surface area contributed by atoms with E-state index in [2.05, 4.69) is 13.8 Å². The van der Waals surface area contributed by atoms with Crippen molar-refractivity contribution >= 4 is 5.78 Å². The maximum atomic E-state index is 11.4. The van der Waals surface area contributed by atoms with Crippen molar-refractivity contribution in [3.63, 3.8) is 0 Å². The number of carbonyl (C=O) groups excluding carboxylic acids is 1. The largest absolute Gasteiger partial charge is 0.378 e. The van der Waals surface area contributed by atoms with Gasteiger partial charge in [0.1, 0.15) is 0 Å². The number of carbonyl (C=O) groups is 1. The molecule has 0 radical (unpaired) electrons. The molecular weight excluding hydrogens is 200 g/mol. The summed E-state index contributed by atoms with van der Waals surface area (Å²) in [5.41, 5.74) is 1.97. The Morgan fingerprint density at radius 2 is 1.81 bits per heavy atom. The van der Waals surface area contributed by atoms with Crippen molar-refractivity contribution in [3.8, 4) is 0 Å². The number of ketones is 1. The summed E-state index contributed by atoms with van der Waals surface area (Å²) in [7, 11) is 1.68. The second-order valence-electron chi connectivity index (χ2n) is 4.60. The molecular formula is C14H24O2. The first-order valence-corrected chi connectivity index (χ1v) is 5.80. The third kappa shape index (κ3) is 5.86. The van der Waals surface area contributed by atoms with Crippen LogP contribution in [-0.4, -0.2) is 19.0 Å². The average Bonchev–Trinajstić information content (AvgIpc) is 2.21. The quantitative estimate of drug-likeness (QED) is 0.509. The van der Waals surface area contributed by atoms with Crippen LogP contribution in [0.25, 0.3) is 0 Å². The Morgan fingerprint density at radius 3 is 2.19 bits per heavy atom. The standard InChI is InChI=1S/C14H24O2/c1-10(2)9-14(12(4)13(5)15)8-7-11(3)16-6/h7-8,10-11H,9H2,1-6H3/b8-7-,14-12-. The number of hydrogen-bond acceptors (Lipinski definition) is 2. The molecule has 0 aromatic heterocycles. The number of allylic oxidation sites excluding steroid dienone is 3. The van der Waals surface area contributed by atoms with Crippen LogP contribution in [0.4, 0.5) is 0 Å². The fraction of sp³-hybridized carbons (Fsp3) is 0.643. The predicted molar refractivity (Wildman–Crippen MR) is 68.4 cm³/mol. The van der Waals surface area contributed by atoms with E-state index in [1.54, 1.807) is 14.0 Å². The molecule has 0 aliphatic carbocycles. The minimum absolute atomic E-state index is 0.0851. The van der Waals surface area contributed by atoms with Gasteiger partial charge in [0.2, 0.25) is 0 Å². The highest BCUT2D eigenvalue weighted by Crippen LogP contribution is 2.17. The fourth-order valence-corrected chi connectivity index (χ4v) is 1.34. The first-order valence-electron chi connectivity index (χ1n) is 5.80. The van der Waals surface area contributed by atoms with Gasteiger partial charge >= 0.3 is 0 Å². The van der Waals surface area contributed by atoms with E-state index >= 15 is 0 Å². The van der Waals surface area contributed by atoms with E-state index < -0.39 is 0 Å². The van der Waals surface area contributed by atoms with Crippen molar-refractivity contribution in [1.82, 2.24) is 0 Å². The van der Waals surface area contributed by atoms with Crippen LogP contribution in [-0.2, 0) is 9.53 Å². The van der Waals surface area contributed by atoms with Gasteiger partial charge in [-0.2, -0.15) is 0 Å². The molecule has 1 unspecified atom stereocenters. The minimum atomic E-state index is 0.0851. The van der Waals surface area contributed by atoms with Gasteiger partial charge in [0.25, 0.3) is 0 Å². The molecule has 0 spiro atoms. The second kappa shape index (κ2) is 7.39. The lowest BCUT2D eigenvalue weighted by Gasteiger charge is -2.10. The first kappa shape index (κ1) is 15.1. The number of hydrogen-bond donors (Lipinski definition) is 0. The smallest absolute Gasteiger partial charge is 0.155 e. The van der Waals surface area contributed by atoms with Crippen LogP contribution in [0.15, 0.2) is 23.3 Å². The maximum Gasteiger partial charge on any atom is 0.155 e. The Balaban J connectivity index is 4.89. The van der Waals surface area contributed by atoms with Gasteiger partial charge in [0, 0.05) is 7.11 Å². The molecule has 16 heavy (non-hydrogen) atoms. The van der Waals surface area contributed by atoms with Crippen LogP contribution in [0, 0.1) is 5.92 Å². The fourth-order valence-electron chi connectivity index (χ4n) is 1.34. The summed E-state index contributed by atoms with van der Waals surface area (Å²) in [5.74, 6) is 0.692. The zero-order valence-electron chi connectivity index (χ0n) is 11.3. The zero-order chi connectivity index (χ0) is 12.7. The van der Waals surface area contributed by atoms with Crippen molar-refractivity contribution in [2.75, 3.05) is 7.11 Å². The van der Waals surface area contributed by atoms with Gasteiger partial charge < -0.3 is 4.74 Å². The molecule has 0 rings (SSSR count). The lowest BCUT2D eigenvalue weighted by molar-refractivity contribution is -0.113. The third-order valence-corrected chi connectivity index (χ3v) is 2.58. The molecule has 0 aliphatic heterocycles. The van der Waals surface area contributed by atoms with E-state index in [1.807, 2.05) is 26.0 Å². The summed E-state index contributed by atoms with van der Waals surface area (Å²) in [4.78, 5) is 11.4. The van der Waals surface area contributed by atoms with Gasteiger partial charge in [-0.25, -0.2) is 0 Å². The molecule has 2 nitrogen and oxygen atoms in total. The molecule has 0 fully saturated rings. The highest BCUT2D eigenvalue weighted by Gasteiger charge is 2.06. The second-order valence-corrected chi connectivity index (χ2v) is 4.60. The van der Waals surface area contributed by atoms with Crippen LogP contribution in [0.2, 0.25) is 0 Å². The van der Waals surface area contributed by atoms with Crippen LogP contribution >= 0.6 is 0 Å². The van der Waals surface area contributed by atoms with Gasteiger partial charge in [0.05, 0.1) is 6.10 Å². The Kier molecular flexibility index (Phi) is 6.98.